The van der Waals surface area contributed by atoms with E-state index >= 15 is 0 Å². The van der Waals surface area contributed by atoms with Crippen LogP contribution in [0, 0.1) is 0 Å². The molecule has 0 aliphatic carbocycles. The predicted octanol–water partition coefficient (Wildman–Crippen LogP) is 5.54. The number of hydrogen-bond donors (Lipinski definition) is 0. The molecule has 112 valence electrons. The highest BCUT2D eigenvalue weighted by Gasteiger charge is 2.11. The molecule has 0 N–H and O–H groups in total. The second kappa shape index (κ2) is 5.52. The van der Waals surface area contributed by atoms with Crippen molar-refractivity contribution in [3.63, 3.8) is 0 Å². The molecule has 3 heterocycles. The molecule has 0 radical (unpaired) electrons. The first-order chi connectivity index (χ1) is 11.2. The first-order valence-electron chi connectivity index (χ1n) is 7.50. The molecule has 0 aliphatic rings. The number of pyridine rings is 1. The standard InChI is InChI=1S/C20H15NOS/c1-14(22)19-9-10-20(23-19)17-12-16(15-6-3-2-4-7-15)13-21-11-5-8-18(17)21/h2-13H,1H3. The summed E-state index contributed by atoms with van der Waals surface area (Å²) in [6.45, 7) is 1.61. The van der Waals surface area contributed by atoms with Gasteiger partial charge in [0.15, 0.2) is 5.78 Å². The highest BCUT2D eigenvalue weighted by atomic mass is 32.1. The van der Waals surface area contributed by atoms with E-state index < -0.39 is 0 Å². The number of carbonyl (C=O) groups excluding carboxylic acids is 1. The van der Waals surface area contributed by atoms with Crippen LogP contribution >= 0.6 is 11.3 Å². The molecule has 0 fully saturated rings. The molecule has 0 atom stereocenters. The molecule has 0 unspecified atom stereocenters. The summed E-state index contributed by atoms with van der Waals surface area (Å²) >= 11 is 1.55. The molecule has 0 aliphatic heterocycles. The number of Topliss-reactive ketones (excluding diaryl/α,β-unsaturated/α-hetero) is 1. The van der Waals surface area contributed by atoms with Crippen LogP contribution in [0.3, 0.4) is 0 Å². The molecular formula is C20H15NOS. The molecule has 1 aromatic carbocycles. The Morgan fingerprint density at radius 2 is 1.78 bits per heavy atom. The van der Waals surface area contributed by atoms with E-state index in [2.05, 4.69) is 41.1 Å². The highest BCUT2D eigenvalue weighted by Crippen LogP contribution is 2.35. The van der Waals surface area contributed by atoms with Gasteiger partial charge in [-0.2, -0.15) is 0 Å². The Bertz CT molecular complexity index is 995. The normalized spacial score (nSPS) is 11.0. The number of fused-ring (bicyclic) bond motifs is 1. The molecule has 2 nitrogen and oxygen atoms in total. The lowest BCUT2D eigenvalue weighted by Gasteiger charge is -2.08. The fraction of sp³-hybridized carbons (Fsp3) is 0.0500. The van der Waals surface area contributed by atoms with E-state index in [0.29, 0.717) is 0 Å². The maximum Gasteiger partial charge on any atom is 0.169 e. The van der Waals surface area contributed by atoms with Crippen molar-refractivity contribution in [1.82, 2.24) is 4.40 Å². The fourth-order valence-electron chi connectivity index (χ4n) is 2.81. The maximum absolute atomic E-state index is 11.6. The zero-order valence-electron chi connectivity index (χ0n) is 12.7. The van der Waals surface area contributed by atoms with E-state index in [-0.39, 0.29) is 5.78 Å². The quantitative estimate of drug-likeness (QED) is 0.455. The third-order valence-corrected chi connectivity index (χ3v) is 5.18. The summed E-state index contributed by atoms with van der Waals surface area (Å²) in [5.41, 5.74) is 4.67. The zero-order chi connectivity index (χ0) is 15.8. The lowest BCUT2D eigenvalue weighted by Crippen LogP contribution is -1.88. The Morgan fingerprint density at radius 1 is 0.957 bits per heavy atom. The Morgan fingerprint density at radius 3 is 2.52 bits per heavy atom. The second-order valence-corrected chi connectivity index (χ2v) is 6.61. The van der Waals surface area contributed by atoms with Crippen molar-refractivity contribution in [3.05, 3.63) is 77.9 Å². The summed E-state index contributed by atoms with van der Waals surface area (Å²) in [7, 11) is 0. The van der Waals surface area contributed by atoms with E-state index in [1.165, 1.54) is 11.1 Å². The van der Waals surface area contributed by atoms with Crippen LogP contribution in [0.5, 0.6) is 0 Å². The number of benzene rings is 1. The van der Waals surface area contributed by atoms with Crippen molar-refractivity contribution in [1.29, 1.82) is 0 Å². The third kappa shape index (κ3) is 2.49. The van der Waals surface area contributed by atoms with Gasteiger partial charge in [-0.1, -0.05) is 30.3 Å². The molecule has 4 rings (SSSR count). The Kier molecular flexibility index (Phi) is 3.36. The Balaban J connectivity index is 1.94. The molecule has 0 amide bonds. The van der Waals surface area contributed by atoms with Gasteiger partial charge in [0, 0.05) is 22.8 Å². The smallest absolute Gasteiger partial charge is 0.169 e. The minimum atomic E-state index is 0.117. The van der Waals surface area contributed by atoms with Gasteiger partial charge in [-0.15, -0.1) is 11.3 Å². The SMILES string of the molecule is CC(=O)c1ccc(-c2cc(-c3ccccc3)cn3cccc23)s1. The molecule has 0 spiro atoms. The van der Waals surface area contributed by atoms with E-state index in [0.717, 1.165) is 20.8 Å². The fourth-order valence-corrected chi connectivity index (χ4v) is 3.74. The first-order valence-corrected chi connectivity index (χ1v) is 8.31. The van der Waals surface area contributed by atoms with Crippen molar-refractivity contribution >= 4 is 22.6 Å². The maximum atomic E-state index is 11.6. The average molecular weight is 317 g/mol. The molecule has 23 heavy (non-hydrogen) atoms. The molecule has 3 aromatic heterocycles. The molecule has 4 aromatic rings. The van der Waals surface area contributed by atoms with Gasteiger partial charge in [0.05, 0.1) is 10.4 Å². The number of thiophene rings is 1. The lowest BCUT2D eigenvalue weighted by atomic mass is 10.0. The Labute approximate surface area is 138 Å². The molecular weight excluding hydrogens is 302 g/mol. The molecule has 0 bridgehead atoms. The summed E-state index contributed by atoms with van der Waals surface area (Å²) in [6.07, 6.45) is 4.21. The molecule has 0 saturated heterocycles. The third-order valence-electron chi connectivity index (χ3n) is 3.96. The lowest BCUT2D eigenvalue weighted by molar-refractivity contribution is 0.102. The van der Waals surface area contributed by atoms with Crippen LogP contribution in [-0.4, -0.2) is 10.2 Å². The number of ketones is 1. The van der Waals surface area contributed by atoms with Crippen molar-refractivity contribution in [2.45, 2.75) is 6.92 Å². The van der Waals surface area contributed by atoms with E-state index in [1.54, 1.807) is 18.3 Å². The van der Waals surface area contributed by atoms with E-state index in [4.69, 9.17) is 0 Å². The Hall–Kier alpha value is -2.65. The number of nitrogens with zero attached hydrogens (tertiary/aromatic N) is 1. The van der Waals surface area contributed by atoms with Gasteiger partial charge in [0.25, 0.3) is 0 Å². The van der Waals surface area contributed by atoms with E-state index in [9.17, 15) is 4.79 Å². The summed E-state index contributed by atoms with van der Waals surface area (Å²) in [5, 5.41) is 0. The number of rotatable bonds is 3. The minimum absolute atomic E-state index is 0.117. The van der Waals surface area contributed by atoms with Crippen molar-refractivity contribution in [3.8, 4) is 21.6 Å². The number of aromatic nitrogens is 1. The van der Waals surface area contributed by atoms with Gasteiger partial charge in [-0.25, -0.2) is 0 Å². The van der Waals surface area contributed by atoms with Gasteiger partial charge in [-0.3, -0.25) is 4.79 Å². The van der Waals surface area contributed by atoms with Crippen LogP contribution in [0.1, 0.15) is 16.6 Å². The van der Waals surface area contributed by atoms with Gasteiger partial charge in [0.2, 0.25) is 0 Å². The molecule has 0 saturated carbocycles. The average Bonchev–Trinajstić information content (AvgIpc) is 3.24. The second-order valence-electron chi connectivity index (χ2n) is 5.53. The van der Waals surface area contributed by atoms with Crippen molar-refractivity contribution in [2.75, 3.05) is 0 Å². The van der Waals surface area contributed by atoms with Crippen molar-refractivity contribution in [2.24, 2.45) is 0 Å². The first kappa shape index (κ1) is 14.0. The van der Waals surface area contributed by atoms with E-state index in [1.807, 2.05) is 36.4 Å². The number of carbonyl (C=O) groups is 1. The zero-order valence-corrected chi connectivity index (χ0v) is 13.5. The minimum Gasteiger partial charge on any atom is -0.323 e. The van der Waals surface area contributed by atoms with Gasteiger partial charge in [-0.05, 0) is 48.4 Å². The van der Waals surface area contributed by atoms with Gasteiger partial charge in [0.1, 0.15) is 0 Å². The van der Waals surface area contributed by atoms with Crippen LogP contribution in [-0.2, 0) is 0 Å². The predicted molar refractivity (Wildman–Crippen MR) is 96.2 cm³/mol. The molecule has 3 heteroatoms. The summed E-state index contributed by atoms with van der Waals surface area (Å²) < 4.78 is 2.14. The highest BCUT2D eigenvalue weighted by molar-refractivity contribution is 7.17. The number of hydrogen-bond acceptors (Lipinski definition) is 2. The van der Waals surface area contributed by atoms with Crippen molar-refractivity contribution < 1.29 is 4.79 Å². The summed E-state index contributed by atoms with van der Waals surface area (Å²) in [6, 6.07) is 20.7. The monoisotopic (exact) mass is 317 g/mol. The summed E-state index contributed by atoms with van der Waals surface area (Å²) in [5.74, 6) is 0.117. The van der Waals surface area contributed by atoms with Gasteiger partial charge >= 0.3 is 0 Å². The van der Waals surface area contributed by atoms with Crippen LogP contribution in [0.4, 0.5) is 0 Å². The topological polar surface area (TPSA) is 21.5 Å². The van der Waals surface area contributed by atoms with Gasteiger partial charge < -0.3 is 4.40 Å². The van der Waals surface area contributed by atoms with Crippen LogP contribution in [0.25, 0.3) is 27.1 Å². The van der Waals surface area contributed by atoms with Crippen LogP contribution in [0.2, 0.25) is 0 Å². The van der Waals surface area contributed by atoms with Crippen LogP contribution < -0.4 is 0 Å². The van der Waals surface area contributed by atoms with Crippen LogP contribution in [0.15, 0.2) is 73.1 Å². The largest absolute Gasteiger partial charge is 0.323 e. The summed E-state index contributed by atoms with van der Waals surface area (Å²) in [4.78, 5) is 13.5.